The number of thiol groups is 1. The van der Waals surface area contributed by atoms with E-state index in [1.54, 1.807) is 0 Å². The molecule has 1 rings (SSSR count). The molecule has 0 aromatic heterocycles. The highest BCUT2D eigenvalue weighted by molar-refractivity contribution is 7.87. The smallest absolute Gasteiger partial charge is 0.394 e. The molecule has 0 spiro atoms. The molecule has 0 saturated carbocycles. The van der Waals surface area contributed by atoms with Gasteiger partial charge in [-0.1, -0.05) is 11.2 Å². The lowest BCUT2D eigenvalue weighted by Gasteiger charge is -2.46. The summed E-state index contributed by atoms with van der Waals surface area (Å²) in [6, 6.07) is 0. The molecule has 152 valence electrons. The van der Waals surface area contributed by atoms with Crippen LogP contribution >= 0.6 is 12.6 Å². The van der Waals surface area contributed by atoms with E-state index in [0.29, 0.717) is 0 Å². The van der Waals surface area contributed by atoms with Gasteiger partial charge in [-0.3, -0.25) is 8.76 Å². The highest BCUT2D eigenvalue weighted by Crippen LogP contribution is 2.36. The second kappa shape index (κ2) is 9.57. The minimum absolute atomic E-state index is 0.133. The van der Waals surface area contributed by atoms with E-state index in [-0.39, 0.29) is 18.6 Å². The summed E-state index contributed by atoms with van der Waals surface area (Å²) >= 11 is 4.10. The number of ether oxygens (including phenoxy) is 1. The third-order valence-corrected chi connectivity index (χ3v) is 4.92. The summed E-state index contributed by atoms with van der Waals surface area (Å²) in [6.07, 6.45) is -3.80. The molecule has 0 radical (unpaired) electrons. The van der Waals surface area contributed by atoms with Crippen LogP contribution in [0.4, 0.5) is 0 Å². The first-order chi connectivity index (χ1) is 11.9. The zero-order valence-electron chi connectivity index (χ0n) is 13.6. The molecule has 1 heterocycles. The Labute approximate surface area is 158 Å². The molecule has 5 N–H and O–H groups in total. The molecule has 14 heteroatoms. The average Bonchev–Trinajstić information content (AvgIpc) is 2.54. The molecule has 0 aromatic carbocycles. The van der Waals surface area contributed by atoms with Crippen LogP contribution in [0.1, 0.15) is 12.8 Å². The molecule has 0 aliphatic carbocycles. The predicted molar refractivity (Wildman–Crippen MR) is 94.2 cm³/mol. The molecule has 1 unspecified atom stereocenters. The van der Waals surface area contributed by atoms with Gasteiger partial charge in [0.05, 0.1) is 6.61 Å². The van der Waals surface area contributed by atoms with Gasteiger partial charge in [0, 0.05) is 17.1 Å². The van der Waals surface area contributed by atoms with Crippen LogP contribution in [-0.2, 0) is 30.2 Å². The number of nitrogens with zero attached hydrogens (tertiary/aromatic N) is 1. The Kier molecular flexibility index (Phi) is 8.63. The Bertz CT molecular complexity index is 664. The van der Waals surface area contributed by atoms with Crippen molar-refractivity contribution in [2.75, 3.05) is 12.9 Å². The summed E-state index contributed by atoms with van der Waals surface area (Å²) in [5.74, 6) is 0. The topological polar surface area (TPSA) is 183 Å². The van der Waals surface area contributed by atoms with Crippen LogP contribution in [0, 0.1) is 0 Å². The van der Waals surface area contributed by atoms with Gasteiger partial charge in [0.1, 0.15) is 30.1 Å². The van der Waals surface area contributed by atoms with Crippen LogP contribution in [-0.4, -0.2) is 85.5 Å². The van der Waals surface area contributed by atoms with Crippen molar-refractivity contribution in [1.29, 1.82) is 0 Å². The SMILES string of the molecule is CS(=O)/C=C/CC/C(=N\OS(=O)(=O)O)[C@@]1(S)O[C@H](CO)[C@@H](O)[C@H](O)[C@H]1O. The second-order valence-electron chi connectivity index (χ2n) is 5.41. The molecule has 26 heavy (non-hydrogen) atoms. The second-order valence-corrected chi connectivity index (χ2v) is 8.35. The van der Waals surface area contributed by atoms with E-state index in [4.69, 9.17) is 9.29 Å². The van der Waals surface area contributed by atoms with E-state index in [0.717, 1.165) is 0 Å². The van der Waals surface area contributed by atoms with Crippen molar-refractivity contribution in [2.24, 2.45) is 5.16 Å². The Hall–Kier alpha value is -0.580. The first-order valence-electron chi connectivity index (χ1n) is 7.20. The quantitative estimate of drug-likeness (QED) is 0.107. The Morgan fingerprint density at radius 3 is 2.50 bits per heavy atom. The van der Waals surface area contributed by atoms with Crippen LogP contribution in [0.25, 0.3) is 0 Å². The van der Waals surface area contributed by atoms with Gasteiger partial charge < -0.3 is 25.2 Å². The predicted octanol–water partition coefficient (Wildman–Crippen LogP) is -2.07. The van der Waals surface area contributed by atoms with Crippen LogP contribution in [0.3, 0.4) is 0 Å². The number of allylic oxidation sites excluding steroid dienone is 1. The van der Waals surface area contributed by atoms with Crippen LogP contribution in [0.2, 0.25) is 0 Å². The first kappa shape index (κ1) is 23.5. The van der Waals surface area contributed by atoms with Crippen molar-refractivity contribution < 1.29 is 46.6 Å². The minimum Gasteiger partial charge on any atom is -0.394 e. The van der Waals surface area contributed by atoms with Gasteiger partial charge in [0.25, 0.3) is 0 Å². The number of hydrogen-bond acceptors (Lipinski definition) is 11. The summed E-state index contributed by atoms with van der Waals surface area (Å²) in [5, 5.41) is 43.8. The van der Waals surface area contributed by atoms with E-state index in [2.05, 4.69) is 22.1 Å². The van der Waals surface area contributed by atoms with Gasteiger partial charge in [-0.2, -0.15) is 8.42 Å². The molecule has 1 saturated heterocycles. The Morgan fingerprint density at radius 2 is 2.00 bits per heavy atom. The molecule has 6 atom stereocenters. The largest absolute Gasteiger partial charge is 0.466 e. The van der Waals surface area contributed by atoms with E-state index in [9.17, 15) is 33.1 Å². The fraction of sp³-hybridized carbons (Fsp3) is 0.750. The lowest BCUT2D eigenvalue weighted by molar-refractivity contribution is -0.222. The highest BCUT2D eigenvalue weighted by Gasteiger charge is 2.54. The van der Waals surface area contributed by atoms with E-state index >= 15 is 0 Å². The lowest BCUT2D eigenvalue weighted by atomic mass is 9.90. The van der Waals surface area contributed by atoms with Crippen molar-refractivity contribution in [3.05, 3.63) is 11.5 Å². The van der Waals surface area contributed by atoms with Crippen molar-refractivity contribution in [2.45, 2.75) is 42.2 Å². The van der Waals surface area contributed by atoms with Crippen LogP contribution < -0.4 is 0 Å². The maximum Gasteiger partial charge on any atom is 0.466 e. The third-order valence-electron chi connectivity index (χ3n) is 3.46. The summed E-state index contributed by atoms with van der Waals surface area (Å²) in [6.45, 7) is -0.742. The fourth-order valence-corrected chi connectivity index (χ4v) is 3.23. The van der Waals surface area contributed by atoms with E-state index < -0.39 is 57.2 Å². The van der Waals surface area contributed by atoms with Crippen molar-refractivity contribution >= 4 is 39.5 Å². The minimum atomic E-state index is -4.98. The molecular formula is C12H21NO10S3. The van der Waals surface area contributed by atoms with Gasteiger partial charge in [-0.05, 0) is 18.2 Å². The number of aliphatic hydroxyl groups is 4. The fourth-order valence-electron chi connectivity index (χ4n) is 2.20. The van der Waals surface area contributed by atoms with Gasteiger partial charge in [0.2, 0.25) is 0 Å². The van der Waals surface area contributed by atoms with E-state index in [1.165, 1.54) is 17.7 Å². The normalized spacial score (nSPS) is 34.8. The molecule has 0 bridgehead atoms. The molecule has 1 aliphatic rings. The van der Waals surface area contributed by atoms with E-state index in [1.807, 2.05) is 0 Å². The van der Waals surface area contributed by atoms with Gasteiger partial charge in [-0.15, -0.1) is 12.6 Å². The standard InChI is InChI=1S/C12H21NO10S3/c1-25(18)5-3-2-4-8(13-23-26(19,20)21)12(24)11(17)10(16)9(15)7(6-14)22-12/h3,5,7,9-11,14-17,24H,2,4,6H2,1H3,(H,19,20,21)/b5-3+,13-8+/t7-,9-,10+,11-,12+,25?/m1/s1. The zero-order valence-corrected chi connectivity index (χ0v) is 16.1. The number of aliphatic hydroxyl groups excluding tert-OH is 4. The highest BCUT2D eigenvalue weighted by atomic mass is 32.3. The molecule has 11 nitrogen and oxygen atoms in total. The Balaban J connectivity index is 3.18. The number of rotatable bonds is 8. The summed E-state index contributed by atoms with van der Waals surface area (Å²) in [5.41, 5.74) is -0.359. The zero-order chi connectivity index (χ0) is 20.1. The average molecular weight is 435 g/mol. The van der Waals surface area contributed by atoms with Crippen molar-refractivity contribution in [1.82, 2.24) is 0 Å². The number of hydrogen-bond donors (Lipinski definition) is 6. The maximum atomic E-state index is 11.0. The maximum absolute atomic E-state index is 11.0. The summed E-state index contributed by atoms with van der Waals surface area (Å²) in [4.78, 5) is -2.14. The lowest BCUT2D eigenvalue weighted by Crippen LogP contribution is -2.65. The monoisotopic (exact) mass is 435 g/mol. The summed E-state index contributed by atoms with van der Waals surface area (Å²) in [7, 11) is -6.21. The number of oxime groups is 1. The summed E-state index contributed by atoms with van der Waals surface area (Å²) < 4.78 is 50.5. The van der Waals surface area contributed by atoms with Crippen molar-refractivity contribution in [3.8, 4) is 0 Å². The molecule has 1 fully saturated rings. The molecule has 1 aliphatic heterocycles. The third kappa shape index (κ3) is 6.24. The first-order valence-corrected chi connectivity index (χ1v) is 10.6. The van der Waals surface area contributed by atoms with Crippen LogP contribution in [0.5, 0.6) is 0 Å². The van der Waals surface area contributed by atoms with Crippen molar-refractivity contribution in [3.63, 3.8) is 0 Å². The molecule has 0 amide bonds. The van der Waals surface area contributed by atoms with Crippen LogP contribution in [0.15, 0.2) is 16.6 Å². The molecular weight excluding hydrogens is 414 g/mol. The molecule has 0 aromatic rings. The van der Waals surface area contributed by atoms with Gasteiger partial charge >= 0.3 is 10.4 Å². The Morgan fingerprint density at radius 1 is 1.38 bits per heavy atom. The van der Waals surface area contributed by atoms with Gasteiger partial charge in [-0.25, -0.2) is 4.28 Å². The van der Waals surface area contributed by atoms with Gasteiger partial charge in [0.15, 0.2) is 4.93 Å².